The summed E-state index contributed by atoms with van der Waals surface area (Å²) in [6.07, 6.45) is -3.79. The van der Waals surface area contributed by atoms with E-state index in [4.69, 9.17) is 5.73 Å². The van der Waals surface area contributed by atoms with Crippen LogP contribution in [0.2, 0.25) is 0 Å². The summed E-state index contributed by atoms with van der Waals surface area (Å²) in [5.74, 6) is -0.409. The number of nitrogens with two attached hydrogens (primary N) is 1. The van der Waals surface area contributed by atoms with Gasteiger partial charge in [-0.05, 0) is 37.9 Å². The first-order chi connectivity index (χ1) is 9.34. The Bertz CT molecular complexity index is 507. The van der Waals surface area contributed by atoms with Crippen LogP contribution in [0.1, 0.15) is 29.3 Å². The lowest BCUT2D eigenvalue weighted by Crippen LogP contribution is -2.35. The van der Waals surface area contributed by atoms with E-state index >= 15 is 0 Å². The van der Waals surface area contributed by atoms with Crippen LogP contribution >= 0.6 is 12.4 Å². The second kappa shape index (κ2) is 6.66. The highest BCUT2D eigenvalue weighted by molar-refractivity contribution is 5.96. The van der Waals surface area contributed by atoms with Crippen LogP contribution in [0.4, 0.5) is 13.2 Å². The summed E-state index contributed by atoms with van der Waals surface area (Å²) in [7, 11) is 0. The highest BCUT2D eigenvalue weighted by atomic mass is 35.5. The number of nitrogens with zero attached hydrogens (tertiary/aromatic N) is 1. The van der Waals surface area contributed by atoms with Gasteiger partial charge in [-0.1, -0.05) is 12.1 Å². The minimum Gasteiger partial charge on any atom is -0.336 e. The first-order valence-corrected chi connectivity index (χ1v) is 6.52. The smallest absolute Gasteiger partial charge is 0.336 e. The van der Waals surface area contributed by atoms with Gasteiger partial charge in [0, 0.05) is 12.6 Å². The number of benzene rings is 1. The average Bonchev–Trinajstić information content (AvgIpc) is 2.78. The van der Waals surface area contributed by atoms with Gasteiger partial charge in [-0.2, -0.15) is 13.2 Å². The molecule has 1 fully saturated rings. The van der Waals surface area contributed by atoms with E-state index in [1.54, 1.807) is 0 Å². The number of halogens is 4. The Morgan fingerprint density at radius 2 is 2.00 bits per heavy atom. The fourth-order valence-electron chi connectivity index (χ4n) is 2.67. The Balaban J connectivity index is 0.00000220. The van der Waals surface area contributed by atoms with E-state index in [0.29, 0.717) is 13.1 Å². The summed E-state index contributed by atoms with van der Waals surface area (Å²) in [6.45, 7) is 2.70. The van der Waals surface area contributed by atoms with Crippen molar-refractivity contribution in [3.63, 3.8) is 0 Å². The average molecular weight is 323 g/mol. The number of likely N-dealkylation sites (tertiary alicyclic amines) is 1. The van der Waals surface area contributed by atoms with Crippen LogP contribution < -0.4 is 5.73 Å². The highest BCUT2D eigenvalue weighted by Gasteiger charge is 2.38. The zero-order valence-corrected chi connectivity index (χ0v) is 12.4. The number of alkyl halides is 3. The van der Waals surface area contributed by atoms with E-state index in [0.717, 1.165) is 12.5 Å². The summed E-state index contributed by atoms with van der Waals surface area (Å²) < 4.78 is 38.8. The van der Waals surface area contributed by atoms with Crippen LogP contribution in [-0.2, 0) is 6.18 Å². The molecule has 118 valence electrons. The monoisotopic (exact) mass is 322 g/mol. The number of rotatable bonds is 2. The molecule has 1 aliphatic heterocycles. The molecule has 2 rings (SSSR count). The molecule has 7 heteroatoms. The number of amides is 1. The summed E-state index contributed by atoms with van der Waals surface area (Å²) >= 11 is 0. The van der Waals surface area contributed by atoms with Crippen molar-refractivity contribution in [1.29, 1.82) is 0 Å². The summed E-state index contributed by atoms with van der Waals surface area (Å²) in [4.78, 5) is 13.9. The van der Waals surface area contributed by atoms with Crippen LogP contribution in [0.5, 0.6) is 0 Å². The Morgan fingerprint density at radius 1 is 1.38 bits per heavy atom. The number of hydrogen-bond acceptors (Lipinski definition) is 2. The Morgan fingerprint density at radius 3 is 2.52 bits per heavy atom. The van der Waals surface area contributed by atoms with Gasteiger partial charge < -0.3 is 10.6 Å². The third-order valence-electron chi connectivity index (χ3n) is 3.72. The second-order valence-electron chi connectivity index (χ2n) is 5.19. The third-order valence-corrected chi connectivity index (χ3v) is 3.72. The number of hydrogen-bond donors (Lipinski definition) is 1. The molecule has 3 nitrogen and oxygen atoms in total. The maximum absolute atomic E-state index is 12.9. The fourth-order valence-corrected chi connectivity index (χ4v) is 2.67. The van der Waals surface area contributed by atoms with Gasteiger partial charge in [0.2, 0.25) is 0 Å². The lowest BCUT2D eigenvalue weighted by atomic mass is 10.1. The topological polar surface area (TPSA) is 46.3 Å². The minimum atomic E-state index is -4.53. The van der Waals surface area contributed by atoms with Crippen LogP contribution in [0, 0.1) is 5.92 Å². The van der Waals surface area contributed by atoms with E-state index < -0.39 is 17.6 Å². The van der Waals surface area contributed by atoms with Gasteiger partial charge in [-0.25, -0.2) is 0 Å². The molecule has 1 amide bonds. The van der Waals surface area contributed by atoms with Crippen molar-refractivity contribution in [3.05, 3.63) is 35.4 Å². The standard InChI is InChI=1S/C14H17F3N2O.ClH/c1-9-6-10(7-18)8-19(9)13(20)11-4-2-3-5-12(11)14(15,16)17;/h2-5,9-10H,6-8,18H2,1H3;1H. The molecule has 2 unspecified atom stereocenters. The number of carbonyl (C=O) groups excluding carboxylic acids is 1. The Labute approximate surface area is 127 Å². The van der Waals surface area contributed by atoms with Crippen LogP contribution in [0.25, 0.3) is 0 Å². The van der Waals surface area contributed by atoms with Crippen molar-refractivity contribution >= 4 is 18.3 Å². The van der Waals surface area contributed by atoms with E-state index in [9.17, 15) is 18.0 Å². The predicted molar refractivity (Wildman–Crippen MR) is 76.4 cm³/mol. The van der Waals surface area contributed by atoms with Gasteiger partial charge in [0.25, 0.3) is 5.91 Å². The molecule has 2 N–H and O–H groups in total. The predicted octanol–water partition coefficient (Wildman–Crippen LogP) is 2.94. The maximum atomic E-state index is 12.9. The Hall–Kier alpha value is -1.27. The molecule has 0 aliphatic carbocycles. The largest absolute Gasteiger partial charge is 0.417 e. The lowest BCUT2D eigenvalue weighted by Gasteiger charge is -2.23. The van der Waals surface area contributed by atoms with Crippen molar-refractivity contribution in [2.45, 2.75) is 25.6 Å². The van der Waals surface area contributed by atoms with Crippen molar-refractivity contribution in [2.24, 2.45) is 11.7 Å². The van der Waals surface area contributed by atoms with Gasteiger partial charge in [-0.3, -0.25) is 4.79 Å². The zero-order chi connectivity index (χ0) is 14.9. The molecule has 0 spiro atoms. The van der Waals surface area contributed by atoms with Crippen molar-refractivity contribution in [1.82, 2.24) is 4.90 Å². The molecule has 1 aromatic rings. The van der Waals surface area contributed by atoms with E-state index in [2.05, 4.69) is 0 Å². The quantitative estimate of drug-likeness (QED) is 0.910. The molecule has 1 saturated heterocycles. The van der Waals surface area contributed by atoms with Gasteiger partial charge >= 0.3 is 6.18 Å². The molecule has 2 atom stereocenters. The molecule has 0 aromatic heterocycles. The lowest BCUT2D eigenvalue weighted by molar-refractivity contribution is -0.138. The minimum absolute atomic E-state index is 0. The maximum Gasteiger partial charge on any atom is 0.417 e. The fraction of sp³-hybridized carbons (Fsp3) is 0.500. The van der Waals surface area contributed by atoms with Gasteiger partial charge in [-0.15, -0.1) is 12.4 Å². The highest BCUT2D eigenvalue weighted by Crippen LogP contribution is 2.33. The molecule has 1 aromatic carbocycles. The van der Waals surface area contributed by atoms with Crippen molar-refractivity contribution in [2.75, 3.05) is 13.1 Å². The van der Waals surface area contributed by atoms with Crippen LogP contribution in [0.15, 0.2) is 24.3 Å². The van der Waals surface area contributed by atoms with Crippen molar-refractivity contribution in [3.8, 4) is 0 Å². The first kappa shape index (κ1) is 17.8. The normalized spacial score (nSPS) is 22.0. The molecule has 21 heavy (non-hydrogen) atoms. The number of carbonyl (C=O) groups is 1. The third kappa shape index (κ3) is 3.68. The molecule has 0 saturated carbocycles. The van der Waals surface area contributed by atoms with E-state index in [1.165, 1.54) is 23.1 Å². The molecular formula is C14H18ClF3N2O. The molecule has 1 aliphatic rings. The molecule has 0 radical (unpaired) electrons. The van der Waals surface area contributed by atoms with E-state index in [1.807, 2.05) is 6.92 Å². The zero-order valence-electron chi connectivity index (χ0n) is 11.6. The Kier molecular flexibility index (Phi) is 5.64. The summed E-state index contributed by atoms with van der Waals surface area (Å²) in [5, 5.41) is 0. The van der Waals surface area contributed by atoms with Crippen molar-refractivity contribution < 1.29 is 18.0 Å². The van der Waals surface area contributed by atoms with Crippen LogP contribution in [0.3, 0.4) is 0 Å². The van der Waals surface area contributed by atoms with Crippen LogP contribution in [-0.4, -0.2) is 29.9 Å². The SMILES string of the molecule is CC1CC(CN)CN1C(=O)c1ccccc1C(F)(F)F.Cl. The summed E-state index contributed by atoms with van der Waals surface area (Å²) in [5.41, 5.74) is 4.41. The van der Waals surface area contributed by atoms with Gasteiger partial charge in [0.1, 0.15) is 0 Å². The van der Waals surface area contributed by atoms with Gasteiger partial charge in [0.15, 0.2) is 0 Å². The first-order valence-electron chi connectivity index (χ1n) is 6.52. The summed E-state index contributed by atoms with van der Waals surface area (Å²) in [6, 6.07) is 4.82. The van der Waals surface area contributed by atoms with E-state index in [-0.39, 0.29) is 29.9 Å². The molecular weight excluding hydrogens is 305 g/mol. The second-order valence-corrected chi connectivity index (χ2v) is 5.19. The van der Waals surface area contributed by atoms with Gasteiger partial charge in [0.05, 0.1) is 11.1 Å². The molecule has 1 heterocycles. The molecule has 0 bridgehead atoms.